The molecule has 25 heavy (non-hydrogen) atoms. The van der Waals surface area contributed by atoms with Crippen LogP contribution in [0.25, 0.3) is 5.69 Å². The van der Waals surface area contributed by atoms with Gasteiger partial charge in [0.05, 0.1) is 23.4 Å². The van der Waals surface area contributed by atoms with Crippen LogP contribution in [-0.2, 0) is 4.74 Å². The fraction of sp³-hybridized carbons (Fsp3) is 0.444. The lowest BCUT2D eigenvalue weighted by Crippen LogP contribution is -2.52. The van der Waals surface area contributed by atoms with Crippen molar-refractivity contribution in [1.29, 1.82) is 0 Å². The van der Waals surface area contributed by atoms with E-state index in [0.717, 1.165) is 17.8 Å². The topological polar surface area (TPSA) is 68.2 Å². The van der Waals surface area contributed by atoms with Crippen molar-refractivity contribution in [2.45, 2.75) is 38.3 Å². The van der Waals surface area contributed by atoms with Gasteiger partial charge in [0.1, 0.15) is 0 Å². The molecule has 1 aliphatic heterocycles. The molecule has 7 heteroatoms. The van der Waals surface area contributed by atoms with Gasteiger partial charge in [0.15, 0.2) is 5.82 Å². The van der Waals surface area contributed by atoms with Crippen LogP contribution in [0.5, 0.6) is 0 Å². The summed E-state index contributed by atoms with van der Waals surface area (Å²) in [5.41, 5.74) is 1.15. The van der Waals surface area contributed by atoms with E-state index >= 15 is 0 Å². The first-order valence-corrected chi connectivity index (χ1v) is 8.74. The van der Waals surface area contributed by atoms with Crippen LogP contribution in [0, 0.1) is 12.8 Å². The number of hydrogen-bond acceptors (Lipinski definition) is 3. The molecule has 0 radical (unpaired) electrons. The van der Waals surface area contributed by atoms with Gasteiger partial charge in [-0.2, -0.15) is 0 Å². The standard InChI is InChI=1S/C18H21ClN4O2/c1-11-7-15(22-23(11)14-6-4-5-13(19)8-14)20-16(24)21-18-9-12(18)10-25-17(18,2)3/h4-8,12H,9-10H2,1-3H3,(H2,20,21,22,24). The van der Waals surface area contributed by atoms with Crippen LogP contribution in [-0.4, -0.2) is 33.6 Å². The van der Waals surface area contributed by atoms with Crippen LogP contribution < -0.4 is 10.6 Å². The Morgan fingerprint density at radius 3 is 2.84 bits per heavy atom. The lowest BCUT2D eigenvalue weighted by molar-refractivity contribution is -0.00667. The smallest absolute Gasteiger partial charge is 0.320 e. The molecule has 132 valence electrons. The van der Waals surface area contributed by atoms with E-state index in [1.807, 2.05) is 51.1 Å². The summed E-state index contributed by atoms with van der Waals surface area (Å²) in [6.07, 6.45) is 0.962. The molecule has 2 aliphatic rings. The predicted octanol–water partition coefficient (Wildman–Crippen LogP) is 3.52. The first-order chi connectivity index (χ1) is 11.8. The van der Waals surface area contributed by atoms with Gasteiger partial charge in [0, 0.05) is 22.7 Å². The average molecular weight is 361 g/mol. The highest BCUT2D eigenvalue weighted by Gasteiger charge is 2.69. The summed E-state index contributed by atoms with van der Waals surface area (Å²) in [6.45, 7) is 6.69. The van der Waals surface area contributed by atoms with Crippen molar-refractivity contribution in [2.75, 3.05) is 11.9 Å². The molecule has 2 heterocycles. The molecular formula is C18H21ClN4O2. The predicted molar refractivity (Wildman–Crippen MR) is 96.3 cm³/mol. The Balaban J connectivity index is 1.49. The second-order valence-corrected chi connectivity index (χ2v) is 7.77. The molecule has 2 atom stereocenters. The van der Waals surface area contributed by atoms with E-state index in [9.17, 15) is 4.79 Å². The number of fused-ring (bicyclic) bond motifs is 1. The molecule has 6 nitrogen and oxygen atoms in total. The molecule has 2 unspecified atom stereocenters. The number of ether oxygens (including phenoxy) is 1. The number of carbonyl (C=O) groups excluding carboxylic acids is 1. The largest absolute Gasteiger partial charge is 0.373 e. The number of urea groups is 1. The van der Waals surface area contributed by atoms with E-state index in [-0.39, 0.29) is 17.2 Å². The maximum Gasteiger partial charge on any atom is 0.320 e. The molecule has 1 aromatic heterocycles. The van der Waals surface area contributed by atoms with E-state index in [1.165, 1.54) is 0 Å². The maximum atomic E-state index is 12.5. The van der Waals surface area contributed by atoms with Crippen LogP contribution in [0.4, 0.5) is 10.6 Å². The number of nitrogens with zero attached hydrogens (tertiary/aromatic N) is 2. The highest BCUT2D eigenvalue weighted by molar-refractivity contribution is 6.30. The molecule has 0 bridgehead atoms. The van der Waals surface area contributed by atoms with Crippen LogP contribution in [0.1, 0.15) is 26.0 Å². The van der Waals surface area contributed by atoms with Gasteiger partial charge in [0.2, 0.25) is 0 Å². The number of anilines is 1. The SMILES string of the molecule is Cc1cc(NC(=O)NC23CC2COC3(C)C)nn1-c1cccc(Cl)c1. The van der Waals surface area contributed by atoms with Crippen molar-refractivity contribution in [3.8, 4) is 5.69 Å². The molecule has 0 spiro atoms. The molecule has 1 aliphatic carbocycles. The quantitative estimate of drug-likeness (QED) is 0.879. The first-order valence-electron chi connectivity index (χ1n) is 8.36. The number of amides is 2. The van der Waals surface area contributed by atoms with Gasteiger partial charge in [-0.3, -0.25) is 5.32 Å². The average Bonchev–Trinajstić information content (AvgIpc) is 3.04. The molecule has 2 aromatic rings. The van der Waals surface area contributed by atoms with Crippen molar-refractivity contribution in [3.05, 3.63) is 41.0 Å². The summed E-state index contributed by atoms with van der Waals surface area (Å²) in [7, 11) is 0. The molecule has 2 fully saturated rings. The van der Waals surface area contributed by atoms with E-state index in [4.69, 9.17) is 16.3 Å². The third kappa shape index (κ3) is 2.69. The minimum Gasteiger partial charge on any atom is -0.373 e. The van der Waals surface area contributed by atoms with Crippen LogP contribution in [0.15, 0.2) is 30.3 Å². The number of hydrogen-bond donors (Lipinski definition) is 2. The van der Waals surface area contributed by atoms with Gasteiger partial charge in [0.25, 0.3) is 0 Å². The van der Waals surface area contributed by atoms with E-state index in [2.05, 4.69) is 15.7 Å². The van der Waals surface area contributed by atoms with Crippen LogP contribution >= 0.6 is 11.6 Å². The number of carbonyl (C=O) groups is 1. The second-order valence-electron chi connectivity index (χ2n) is 7.34. The van der Waals surface area contributed by atoms with Crippen molar-refractivity contribution < 1.29 is 9.53 Å². The van der Waals surface area contributed by atoms with Crippen LogP contribution in [0.3, 0.4) is 0 Å². The summed E-state index contributed by atoms with van der Waals surface area (Å²) in [5.74, 6) is 0.902. The molecule has 1 aromatic carbocycles. The van der Waals surface area contributed by atoms with Crippen molar-refractivity contribution in [1.82, 2.24) is 15.1 Å². The van der Waals surface area contributed by atoms with E-state index in [1.54, 1.807) is 4.68 Å². The molecule has 1 saturated heterocycles. The summed E-state index contributed by atoms with van der Waals surface area (Å²) in [6, 6.07) is 9.01. The molecular weight excluding hydrogens is 340 g/mol. The number of halogens is 1. The fourth-order valence-corrected chi connectivity index (χ4v) is 3.95. The summed E-state index contributed by atoms with van der Waals surface area (Å²) >= 11 is 6.05. The highest BCUT2D eigenvalue weighted by atomic mass is 35.5. The van der Waals surface area contributed by atoms with Crippen LogP contribution in [0.2, 0.25) is 5.02 Å². The summed E-state index contributed by atoms with van der Waals surface area (Å²) in [5, 5.41) is 11.0. The lowest BCUT2D eigenvalue weighted by Gasteiger charge is -2.30. The van der Waals surface area contributed by atoms with Gasteiger partial charge < -0.3 is 10.1 Å². The maximum absolute atomic E-state index is 12.5. The Bertz CT molecular complexity index is 847. The van der Waals surface area contributed by atoms with Crippen molar-refractivity contribution in [2.24, 2.45) is 5.92 Å². The van der Waals surface area contributed by atoms with E-state index in [0.29, 0.717) is 23.4 Å². The van der Waals surface area contributed by atoms with Gasteiger partial charge in [-0.1, -0.05) is 17.7 Å². The number of benzene rings is 1. The second kappa shape index (κ2) is 5.47. The molecule has 4 rings (SSSR count). The lowest BCUT2D eigenvalue weighted by atomic mass is 9.96. The molecule has 2 N–H and O–H groups in total. The zero-order valence-electron chi connectivity index (χ0n) is 14.5. The monoisotopic (exact) mass is 360 g/mol. The fourth-order valence-electron chi connectivity index (χ4n) is 3.76. The minimum atomic E-state index is -0.342. The number of rotatable bonds is 3. The van der Waals surface area contributed by atoms with Gasteiger partial charge in [-0.15, -0.1) is 5.10 Å². The molecule has 1 saturated carbocycles. The normalized spacial score (nSPS) is 26.2. The first kappa shape index (κ1) is 16.4. The van der Waals surface area contributed by atoms with Crippen molar-refractivity contribution >= 4 is 23.4 Å². The van der Waals surface area contributed by atoms with Crippen molar-refractivity contribution in [3.63, 3.8) is 0 Å². The third-order valence-corrected chi connectivity index (χ3v) is 5.58. The highest BCUT2D eigenvalue weighted by Crippen LogP contribution is 2.57. The Labute approximate surface area is 151 Å². The van der Waals surface area contributed by atoms with Gasteiger partial charge in [-0.25, -0.2) is 9.48 Å². The third-order valence-electron chi connectivity index (χ3n) is 5.34. The van der Waals surface area contributed by atoms with E-state index < -0.39 is 0 Å². The Kier molecular flexibility index (Phi) is 3.60. The summed E-state index contributed by atoms with van der Waals surface area (Å²) in [4.78, 5) is 12.5. The number of nitrogens with one attached hydrogen (secondary N) is 2. The Morgan fingerprint density at radius 1 is 1.40 bits per heavy atom. The number of aryl methyl sites for hydroxylation is 1. The summed E-state index contributed by atoms with van der Waals surface area (Å²) < 4.78 is 7.53. The zero-order chi connectivity index (χ0) is 17.8. The zero-order valence-corrected chi connectivity index (χ0v) is 15.2. The Morgan fingerprint density at radius 2 is 2.20 bits per heavy atom. The number of aromatic nitrogens is 2. The molecule has 2 amide bonds. The van der Waals surface area contributed by atoms with Gasteiger partial charge >= 0.3 is 6.03 Å². The minimum absolute atomic E-state index is 0.253. The Hall–Kier alpha value is -2.05. The van der Waals surface area contributed by atoms with Gasteiger partial charge in [-0.05, 0) is 45.4 Å².